The van der Waals surface area contributed by atoms with Gasteiger partial charge in [-0.25, -0.2) is 13.1 Å². The summed E-state index contributed by atoms with van der Waals surface area (Å²) in [4.78, 5) is 23.8. The van der Waals surface area contributed by atoms with Crippen LogP contribution >= 0.6 is 11.6 Å². The molecule has 8 nitrogen and oxygen atoms in total. The van der Waals surface area contributed by atoms with Crippen LogP contribution in [0.5, 0.6) is 0 Å². The number of anilines is 2. The van der Waals surface area contributed by atoms with Crippen molar-refractivity contribution >= 4 is 44.8 Å². The summed E-state index contributed by atoms with van der Waals surface area (Å²) in [6, 6.07) is 10.4. The fourth-order valence-electron chi connectivity index (χ4n) is 2.17. The number of carbonyl (C=O) groups excluding carboxylic acids is 2. The van der Waals surface area contributed by atoms with Crippen molar-refractivity contribution in [3.8, 4) is 0 Å². The molecule has 2 aromatic carbocycles. The van der Waals surface area contributed by atoms with Gasteiger partial charge < -0.3 is 15.4 Å². The quantitative estimate of drug-likeness (QED) is 0.645. The van der Waals surface area contributed by atoms with Gasteiger partial charge in [0, 0.05) is 24.0 Å². The molecule has 0 saturated carbocycles. The van der Waals surface area contributed by atoms with Crippen LogP contribution in [0.25, 0.3) is 0 Å². The lowest BCUT2D eigenvalue weighted by Gasteiger charge is -2.10. The molecule has 0 aromatic heterocycles. The van der Waals surface area contributed by atoms with Crippen LogP contribution in [0.4, 0.5) is 11.4 Å². The van der Waals surface area contributed by atoms with Crippen molar-refractivity contribution in [3.05, 3.63) is 53.1 Å². The SMILES string of the molecule is CNS(=O)(=O)c1cc(C(=O)Nc2cccc(NC(=O)COC)c2)ccc1Cl. The van der Waals surface area contributed by atoms with E-state index in [0.29, 0.717) is 11.4 Å². The lowest BCUT2D eigenvalue weighted by atomic mass is 10.2. The standard InChI is InChI=1S/C17H18ClN3O5S/c1-19-27(24,25)15-8-11(6-7-14(15)18)17(23)21-13-5-3-4-12(9-13)20-16(22)10-26-2/h3-9,19H,10H2,1-2H3,(H,20,22)(H,21,23). The van der Waals surface area contributed by atoms with Gasteiger partial charge in [0.1, 0.15) is 11.5 Å². The second-order valence-corrected chi connectivity index (χ2v) is 7.63. The van der Waals surface area contributed by atoms with Crippen LogP contribution < -0.4 is 15.4 Å². The summed E-state index contributed by atoms with van der Waals surface area (Å²) < 4.78 is 30.9. The Kier molecular flexibility index (Phi) is 6.92. The van der Waals surface area contributed by atoms with Crippen LogP contribution in [0, 0.1) is 0 Å². The van der Waals surface area contributed by atoms with Crippen LogP contribution in [0.2, 0.25) is 5.02 Å². The molecule has 27 heavy (non-hydrogen) atoms. The number of rotatable bonds is 7. The van der Waals surface area contributed by atoms with Crippen molar-refractivity contribution in [2.45, 2.75) is 4.90 Å². The molecule has 0 spiro atoms. The normalized spacial score (nSPS) is 11.1. The molecule has 0 bridgehead atoms. The van der Waals surface area contributed by atoms with E-state index in [9.17, 15) is 18.0 Å². The molecule has 3 N–H and O–H groups in total. The fourth-order valence-corrected chi connectivity index (χ4v) is 3.42. The first-order valence-corrected chi connectivity index (χ1v) is 9.56. The maximum Gasteiger partial charge on any atom is 0.255 e. The van der Waals surface area contributed by atoms with Gasteiger partial charge in [0.15, 0.2) is 0 Å². The number of benzene rings is 2. The van der Waals surface area contributed by atoms with Crippen LogP contribution in [-0.4, -0.2) is 41.0 Å². The van der Waals surface area contributed by atoms with Crippen molar-refractivity contribution in [1.29, 1.82) is 0 Å². The zero-order chi connectivity index (χ0) is 20.0. The van der Waals surface area contributed by atoms with Crippen LogP contribution in [0.1, 0.15) is 10.4 Å². The first-order valence-electron chi connectivity index (χ1n) is 7.70. The number of sulfonamides is 1. The van der Waals surface area contributed by atoms with Gasteiger partial charge in [-0.15, -0.1) is 0 Å². The van der Waals surface area contributed by atoms with Gasteiger partial charge in [0.2, 0.25) is 15.9 Å². The molecule has 0 radical (unpaired) electrons. The number of nitrogens with one attached hydrogen (secondary N) is 3. The molecule has 2 rings (SSSR count). The Labute approximate surface area is 161 Å². The molecule has 144 valence electrons. The maximum absolute atomic E-state index is 12.5. The minimum atomic E-state index is -3.80. The Morgan fingerprint density at radius 3 is 2.37 bits per heavy atom. The molecule has 0 unspecified atom stereocenters. The van der Waals surface area contributed by atoms with Crippen LogP contribution in [0.3, 0.4) is 0 Å². The molecule has 0 saturated heterocycles. The smallest absolute Gasteiger partial charge is 0.255 e. The third kappa shape index (κ3) is 5.51. The van der Waals surface area contributed by atoms with E-state index in [1.54, 1.807) is 24.3 Å². The summed E-state index contributed by atoms with van der Waals surface area (Å²) in [5.74, 6) is -0.861. The average Bonchev–Trinajstić information content (AvgIpc) is 2.62. The summed E-state index contributed by atoms with van der Waals surface area (Å²) in [6.45, 7) is -0.0932. The van der Waals surface area contributed by atoms with Gasteiger partial charge in [-0.2, -0.15) is 0 Å². The Morgan fingerprint density at radius 1 is 1.07 bits per heavy atom. The van der Waals surface area contributed by atoms with E-state index >= 15 is 0 Å². The van der Waals surface area contributed by atoms with Crippen molar-refractivity contribution in [2.75, 3.05) is 31.4 Å². The lowest BCUT2D eigenvalue weighted by Crippen LogP contribution is -2.20. The second-order valence-electron chi connectivity index (χ2n) is 5.37. The molecule has 10 heteroatoms. The summed E-state index contributed by atoms with van der Waals surface area (Å²) >= 11 is 5.92. The minimum absolute atomic E-state index is 0.00347. The Morgan fingerprint density at radius 2 is 1.74 bits per heavy atom. The lowest BCUT2D eigenvalue weighted by molar-refractivity contribution is -0.119. The second kappa shape index (κ2) is 8.96. The first kappa shape index (κ1) is 20.8. The van der Waals surface area contributed by atoms with Gasteiger partial charge in [-0.1, -0.05) is 17.7 Å². The van der Waals surface area contributed by atoms with Crippen LogP contribution in [-0.2, 0) is 19.6 Å². The van der Waals surface area contributed by atoms with Gasteiger partial charge in [0.25, 0.3) is 5.91 Å². The Hall–Kier alpha value is -2.46. The molecule has 0 aliphatic rings. The maximum atomic E-state index is 12.5. The topological polar surface area (TPSA) is 114 Å². The van der Waals surface area contributed by atoms with E-state index in [0.717, 1.165) is 0 Å². The number of halogens is 1. The third-order valence-electron chi connectivity index (χ3n) is 3.43. The largest absolute Gasteiger partial charge is 0.375 e. The Balaban J connectivity index is 2.21. The summed E-state index contributed by atoms with van der Waals surface area (Å²) in [5.41, 5.74) is 1.01. The highest BCUT2D eigenvalue weighted by Gasteiger charge is 2.18. The molecular weight excluding hydrogens is 394 g/mol. The monoisotopic (exact) mass is 411 g/mol. The minimum Gasteiger partial charge on any atom is -0.375 e. The molecule has 2 amide bonds. The van der Waals surface area contributed by atoms with E-state index < -0.39 is 15.9 Å². The van der Waals surface area contributed by atoms with Gasteiger partial charge >= 0.3 is 0 Å². The summed E-state index contributed by atoms with van der Waals surface area (Å²) in [5, 5.41) is 5.26. The summed E-state index contributed by atoms with van der Waals surface area (Å²) in [7, 11) is -1.15. The van der Waals surface area contributed by atoms with Crippen LogP contribution in [0.15, 0.2) is 47.4 Å². The Bertz CT molecular complexity index is 963. The molecule has 0 fully saturated rings. The number of ether oxygens (including phenoxy) is 1. The van der Waals surface area contributed by atoms with E-state index in [1.165, 1.54) is 32.4 Å². The van der Waals surface area contributed by atoms with E-state index in [-0.39, 0.29) is 28.0 Å². The predicted octanol–water partition coefficient (Wildman–Crippen LogP) is 2.09. The number of carbonyl (C=O) groups is 2. The number of methoxy groups -OCH3 is 1. The van der Waals surface area contributed by atoms with Crippen molar-refractivity contribution in [1.82, 2.24) is 4.72 Å². The zero-order valence-electron chi connectivity index (χ0n) is 14.6. The van der Waals surface area contributed by atoms with Crippen molar-refractivity contribution < 1.29 is 22.7 Å². The highest BCUT2D eigenvalue weighted by Crippen LogP contribution is 2.23. The molecule has 0 aliphatic carbocycles. The van der Waals surface area contributed by atoms with Gasteiger partial charge in [0.05, 0.1) is 5.02 Å². The molecular formula is C17H18ClN3O5S. The van der Waals surface area contributed by atoms with E-state index in [1.807, 2.05) is 0 Å². The number of amides is 2. The van der Waals surface area contributed by atoms with Crippen molar-refractivity contribution in [3.63, 3.8) is 0 Å². The van der Waals surface area contributed by atoms with E-state index in [2.05, 4.69) is 15.4 Å². The first-order chi connectivity index (χ1) is 12.8. The number of hydrogen-bond donors (Lipinski definition) is 3. The zero-order valence-corrected chi connectivity index (χ0v) is 16.1. The fraction of sp³-hybridized carbons (Fsp3) is 0.176. The van der Waals surface area contributed by atoms with Gasteiger partial charge in [-0.3, -0.25) is 9.59 Å². The molecule has 0 atom stereocenters. The summed E-state index contributed by atoms with van der Waals surface area (Å²) in [6.07, 6.45) is 0. The molecule has 2 aromatic rings. The van der Waals surface area contributed by atoms with Gasteiger partial charge in [-0.05, 0) is 43.4 Å². The molecule has 0 aliphatic heterocycles. The number of hydrogen-bond acceptors (Lipinski definition) is 5. The van der Waals surface area contributed by atoms with E-state index in [4.69, 9.17) is 16.3 Å². The third-order valence-corrected chi connectivity index (χ3v) is 5.33. The van der Waals surface area contributed by atoms with Crippen molar-refractivity contribution in [2.24, 2.45) is 0 Å². The average molecular weight is 412 g/mol. The predicted molar refractivity (Wildman–Crippen MR) is 103 cm³/mol. The highest BCUT2D eigenvalue weighted by atomic mass is 35.5. The molecule has 0 heterocycles. The highest BCUT2D eigenvalue weighted by molar-refractivity contribution is 7.89.